The summed E-state index contributed by atoms with van der Waals surface area (Å²) in [5, 5.41) is 3.44. The van der Waals surface area contributed by atoms with Gasteiger partial charge >= 0.3 is 0 Å². The van der Waals surface area contributed by atoms with Crippen molar-refractivity contribution in [3.8, 4) is 11.5 Å². The molecule has 1 saturated carbocycles. The van der Waals surface area contributed by atoms with Gasteiger partial charge in [0.2, 0.25) is 0 Å². The normalized spacial score (nSPS) is 23.7. The van der Waals surface area contributed by atoms with Crippen molar-refractivity contribution in [1.82, 2.24) is 5.32 Å². The van der Waals surface area contributed by atoms with E-state index in [9.17, 15) is 0 Å². The monoisotopic (exact) mass is 263 g/mol. The van der Waals surface area contributed by atoms with Gasteiger partial charge in [-0.25, -0.2) is 0 Å². The van der Waals surface area contributed by atoms with Crippen LogP contribution in [0.25, 0.3) is 0 Å². The lowest BCUT2D eigenvalue weighted by Crippen LogP contribution is -2.25. The van der Waals surface area contributed by atoms with Crippen molar-refractivity contribution in [2.45, 2.75) is 44.1 Å². The molecule has 1 fully saturated rings. The lowest BCUT2D eigenvalue weighted by molar-refractivity contribution is 0.391. The molecule has 1 aliphatic rings. The lowest BCUT2D eigenvalue weighted by atomic mass is 9.90. The van der Waals surface area contributed by atoms with Crippen LogP contribution in [0.5, 0.6) is 11.5 Å². The van der Waals surface area contributed by atoms with Gasteiger partial charge in [0, 0.05) is 12.1 Å². The van der Waals surface area contributed by atoms with E-state index in [0.29, 0.717) is 12.0 Å². The molecule has 3 nitrogen and oxygen atoms in total. The van der Waals surface area contributed by atoms with E-state index in [4.69, 9.17) is 9.47 Å². The van der Waals surface area contributed by atoms with Crippen LogP contribution >= 0.6 is 0 Å². The van der Waals surface area contributed by atoms with Crippen LogP contribution in [0.15, 0.2) is 18.2 Å². The highest BCUT2D eigenvalue weighted by Crippen LogP contribution is 2.35. The lowest BCUT2D eigenvalue weighted by Gasteiger charge is -2.21. The molecule has 1 N–H and O–H groups in total. The molecule has 2 unspecified atom stereocenters. The summed E-state index contributed by atoms with van der Waals surface area (Å²) < 4.78 is 10.8. The van der Waals surface area contributed by atoms with Crippen LogP contribution in [-0.4, -0.2) is 27.3 Å². The highest BCUT2D eigenvalue weighted by molar-refractivity contribution is 5.40. The van der Waals surface area contributed by atoms with Crippen molar-refractivity contribution < 1.29 is 9.47 Å². The number of methoxy groups -OCH3 is 2. The third-order valence-electron chi connectivity index (χ3n) is 4.18. The van der Waals surface area contributed by atoms with Crippen LogP contribution in [0.1, 0.15) is 43.6 Å². The first-order valence-electron chi connectivity index (χ1n) is 7.17. The van der Waals surface area contributed by atoms with Gasteiger partial charge in [-0.3, -0.25) is 0 Å². The molecule has 2 atom stereocenters. The number of nitrogens with one attached hydrogen (secondary N) is 1. The minimum absolute atomic E-state index is 0.601. The van der Waals surface area contributed by atoms with Gasteiger partial charge in [0.15, 0.2) is 0 Å². The van der Waals surface area contributed by atoms with E-state index < -0.39 is 0 Å². The minimum atomic E-state index is 0.601. The Morgan fingerprint density at radius 2 is 1.63 bits per heavy atom. The van der Waals surface area contributed by atoms with Crippen LogP contribution in [0.3, 0.4) is 0 Å². The largest absolute Gasteiger partial charge is 0.497 e. The zero-order valence-corrected chi connectivity index (χ0v) is 12.2. The van der Waals surface area contributed by atoms with Gasteiger partial charge in [0.25, 0.3) is 0 Å². The molecule has 1 aromatic rings. The Hall–Kier alpha value is -1.22. The third kappa shape index (κ3) is 3.63. The van der Waals surface area contributed by atoms with Crippen LogP contribution in [0, 0.1) is 0 Å². The quantitative estimate of drug-likeness (QED) is 0.845. The highest BCUT2D eigenvalue weighted by atomic mass is 16.5. The maximum Gasteiger partial charge on any atom is 0.122 e. The van der Waals surface area contributed by atoms with Gasteiger partial charge in [-0.15, -0.1) is 0 Å². The van der Waals surface area contributed by atoms with Gasteiger partial charge in [-0.2, -0.15) is 0 Å². The molecular weight excluding hydrogens is 238 g/mol. The van der Waals surface area contributed by atoms with E-state index in [0.717, 1.165) is 11.5 Å². The minimum Gasteiger partial charge on any atom is -0.497 e. The van der Waals surface area contributed by atoms with E-state index in [1.807, 2.05) is 6.07 Å². The fourth-order valence-electron chi connectivity index (χ4n) is 2.99. The highest BCUT2D eigenvalue weighted by Gasteiger charge is 2.21. The molecule has 0 aromatic heterocycles. The summed E-state index contributed by atoms with van der Waals surface area (Å²) in [5.41, 5.74) is 1.35. The van der Waals surface area contributed by atoms with E-state index in [1.54, 1.807) is 14.2 Å². The van der Waals surface area contributed by atoms with Crippen LogP contribution in [0.4, 0.5) is 0 Å². The predicted molar refractivity (Wildman–Crippen MR) is 78.2 cm³/mol. The molecule has 0 amide bonds. The molecule has 1 aromatic carbocycles. The van der Waals surface area contributed by atoms with Gasteiger partial charge in [-0.1, -0.05) is 12.8 Å². The molecule has 19 heavy (non-hydrogen) atoms. The zero-order chi connectivity index (χ0) is 13.7. The molecule has 0 aliphatic heterocycles. The number of hydrogen-bond acceptors (Lipinski definition) is 3. The first-order chi connectivity index (χ1) is 9.26. The van der Waals surface area contributed by atoms with E-state index in [-0.39, 0.29) is 0 Å². The first-order valence-corrected chi connectivity index (χ1v) is 7.17. The van der Waals surface area contributed by atoms with Crippen molar-refractivity contribution >= 4 is 0 Å². The third-order valence-corrected chi connectivity index (χ3v) is 4.18. The van der Waals surface area contributed by atoms with Gasteiger partial charge < -0.3 is 14.8 Å². The van der Waals surface area contributed by atoms with E-state index in [2.05, 4.69) is 24.5 Å². The number of hydrogen-bond donors (Lipinski definition) is 1. The summed E-state index contributed by atoms with van der Waals surface area (Å²) in [6, 6.07) is 6.89. The maximum absolute atomic E-state index is 5.38. The molecule has 1 aliphatic carbocycles. The van der Waals surface area contributed by atoms with Crippen LogP contribution < -0.4 is 14.8 Å². The topological polar surface area (TPSA) is 30.5 Å². The zero-order valence-electron chi connectivity index (χ0n) is 12.2. The van der Waals surface area contributed by atoms with E-state index in [1.165, 1.54) is 37.7 Å². The summed E-state index contributed by atoms with van der Waals surface area (Å²) in [4.78, 5) is 0. The second-order valence-corrected chi connectivity index (χ2v) is 5.35. The number of benzene rings is 1. The van der Waals surface area contributed by atoms with Crippen LogP contribution in [-0.2, 0) is 0 Å². The van der Waals surface area contributed by atoms with Gasteiger partial charge in [-0.05, 0) is 49.9 Å². The Morgan fingerprint density at radius 3 is 2.21 bits per heavy atom. The smallest absolute Gasteiger partial charge is 0.122 e. The summed E-state index contributed by atoms with van der Waals surface area (Å²) in [6.45, 7) is 0. The van der Waals surface area contributed by atoms with Crippen molar-refractivity contribution in [3.63, 3.8) is 0 Å². The molecule has 0 radical (unpaired) electrons. The van der Waals surface area contributed by atoms with Crippen molar-refractivity contribution in [2.75, 3.05) is 21.3 Å². The van der Waals surface area contributed by atoms with Crippen molar-refractivity contribution in [3.05, 3.63) is 23.8 Å². The average Bonchev–Trinajstić information content (AvgIpc) is 2.72. The summed E-state index contributed by atoms with van der Waals surface area (Å²) >= 11 is 0. The van der Waals surface area contributed by atoms with Crippen molar-refractivity contribution in [1.29, 1.82) is 0 Å². The maximum atomic E-state index is 5.38. The Bertz CT molecular complexity index is 383. The Kier molecular flexibility index (Phi) is 5.08. The molecule has 3 heteroatoms. The number of rotatable bonds is 4. The second kappa shape index (κ2) is 6.80. The summed E-state index contributed by atoms with van der Waals surface area (Å²) in [7, 11) is 5.49. The standard InChI is InChI=1S/C16H25NO2/c1-17-14-7-5-4-6-12(8-14)13-9-15(18-2)11-16(10-13)19-3/h9-12,14,17H,4-8H2,1-3H3. The molecule has 106 valence electrons. The summed E-state index contributed by atoms with van der Waals surface area (Å²) in [5.74, 6) is 2.38. The molecule has 2 rings (SSSR count). The predicted octanol–water partition coefficient (Wildman–Crippen LogP) is 3.34. The Labute approximate surface area is 116 Å². The van der Waals surface area contributed by atoms with Gasteiger partial charge in [0.1, 0.15) is 11.5 Å². The fraction of sp³-hybridized carbons (Fsp3) is 0.625. The second-order valence-electron chi connectivity index (χ2n) is 5.35. The first kappa shape index (κ1) is 14.2. The van der Waals surface area contributed by atoms with Crippen molar-refractivity contribution in [2.24, 2.45) is 0 Å². The summed E-state index contributed by atoms with van der Waals surface area (Å²) in [6.07, 6.45) is 6.38. The van der Waals surface area contributed by atoms with E-state index >= 15 is 0 Å². The Balaban J connectivity index is 2.23. The molecule has 0 bridgehead atoms. The fourth-order valence-corrected chi connectivity index (χ4v) is 2.99. The van der Waals surface area contributed by atoms with Gasteiger partial charge in [0.05, 0.1) is 14.2 Å². The molecule has 0 spiro atoms. The Morgan fingerprint density at radius 1 is 1.00 bits per heavy atom. The molecular formula is C16H25NO2. The number of ether oxygens (including phenoxy) is 2. The van der Waals surface area contributed by atoms with Crippen LogP contribution in [0.2, 0.25) is 0 Å². The average molecular weight is 263 g/mol. The molecule has 0 saturated heterocycles. The molecule has 0 heterocycles. The SMILES string of the molecule is CNC1CCCCC(c2cc(OC)cc(OC)c2)C1.